The first-order chi connectivity index (χ1) is 8.05. The molecule has 0 saturated heterocycles. The number of methoxy groups -OCH3 is 1. The van der Waals surface area contributed by atoms with Crippen LogP contribution in [0.3, 0.4) is 0 Å². The van der Waals surface area contributed by atoms with Crippen molar-refractivity contribution in [1.82, 2.24) is 0 Å². The molecule has 0 amide bonds. The first-order valence-corrected chi connectivity index (χ1v) is 6.56. The van der Waals surface area contributed by atoms with Gasteiger partial charge in [-0.25, -0.2) is 0 Å². The summed E-state index contributed by atoms with van der Waals surface area (Å²) in [6, 6.07) is 5.89. The number of halogens is 1. The van der Waals surface area contributed by atoms with Crippen molar-refractivity contribution in [2.45, 2.75) is 38.1 Å². The number of benzene rings is 1. The Hall–Kier alpha value is -0.730. The highest BCUT2D eigenvalue weighted by molar-refractivity contribution is 6.32. The number of hydrogen-bond acceptors (Lipinski definition) is 2. The zero-order valence-corrected chi connectivity index (χ0v) is 11.3. The van der Waals surface area contributed by atoms with E-state index in [1.54, 1.807) is 7.11 Å². The van der Waals surface area contributed by atoms with Crippen molar-refractivity contribution in [2.24, 2.45) is 11.7 Å². The molecule has 0 heterocycles. The third kappa shape index (κ3) is 2.58. The van der Waals surface area contributed by atoms with Crippen LogP contribution >= 0.6 is 11.6 Å². The Morgan fingerprint density at radius 1 is 1.35 bits per heavy atom. The highest BCUT2D eigenvalue weighted by atomic mass is 35.5. The van der Waals surface area contributed by atoms with Crippen molar-refractivity contribution in [3.63, 3.8) is 0 Å². The van der Waals surface area contributed by atoms with Crippen molar-refractivity contribution in [2.75, 3.05) is 7.11 Å². The average molecular weight is 254 g/mol. The SMILES string of the molecule is COc1cc(C2(N)CCC(C)CC2)ccc1Cl. The largest absolute Gasteiger partial charge is 0.495 e. The predicted molar refractivity (Wildman–Crippen MR) is 71.5 cm³/mol. The van der Waals surface area contributed by atoms with E-state index >= 15 is 0 Å². The van der Waals surface area contributed by atoms with Crippen LogP contribution in [0.5, 0.6) is 5.75 Å². The van der Waals surface area contributed by atoms with Gasteiger partial charge in [0.05, 0.1) is 12.1 Å². The van der Waals surface area contributed by atoms with E-state index in [2.05, 4.69) is 6.92 Å². The van der Waals surface area contributed by atoms with Crippen LogP contribution in [0, 0.1) is 5.92 Å². The van der Waals surface area contributed by atoms with Crippen LogP contribution in [0.1, 0.15) is 38.2 Å². The minimum atomic E-state index is -0.204. The fourth-order valence-electron chi connectivity index (χ4n) is 2.54. The number of hydrogen-bond donors (Lipinski definition) is 1. The summed E-state index contributed by atoms with van der Waals surface area (Å²) in [7, 11) is 1.64. The molecule has 0 bridgehead atoms. The van der Waals surface area contributed by atoms with Crippen LogP contribution < -0.4 is 10.5 Å². The van der Waals surface area contributed by atoms with Crippen LogP contribution in [0.2, 0.25) is 5.02 Å². The van der Waals surface area contributed by atoms with Gasteiger partial charge in [-0.2, -0.15) is 0 Å². The van der Waals surface area contributed by atoms with Gasteiger partial charge >= 0.3 is 0 Å². The number of ether oxygens (including phenoxy) is 1. The molecule has 0 unspecified atom stereocenters. The van der Waals surface area contributed by atoms with Gasteiger partial charge in [0.15, 0.2) is 0 Å². The molecule has 0 radical (unpaired) electrons. The molecular formula is C14H20ClNO. The molecule has 0 spiro atoms. The lowest BCUT2D eigenvalue weighted by Gasteiger charge is -2.36. The Morgan fingerprint density at radius 2 is 2.00 bits per heavy atom. The van der Waals surface area contributed by atoms with Gasteiger partial charge in [0.25, 0.3) is 0 Å². The Labute approximate surface area is 108 Å². The van der Waals surface area contributed by atoms with Crippen molar-refractivity contribution in [3.05, 3.63) is 28.8 Å². The van der Waals surface area contributed by atoms with Crippen LogP contribution in [-0.4, -0.2) is 7.11 Å². The van der Waals surface area contributed by atoms with Crippen LogP contribution in [-0.2, 0) is 5.54 Å². The van der Waals surface area contributed by atoms with E-state index in [0.717, 1.165) is 24.3 Å². The summed E-state index contributed by atoms with van der Waals surface area (Å²) in [4.78, 5) is 0. The standard InChI is InChI=1S/C14H20ClNO/c1-10-5-7-14(16,8-6-10)11-3-4-12(15)13(9-11)17-2/h3-4,9-10H,5-8,16H2,1-2H3. The second-order valence-corrected chi connectivity index (χ2v) is 5.60. The lowest BCUT2D eigenvalue weighted by molar-refractivity contribution is 0.247. The topological polar surface area (TPSA) is 35.2 Å². The van der Waals surface area contributed by atoms with E-state index in [9.17, 15) is 0 Å². The van der Waals surface area contributed by atoms with E-state index in [-0.39, 0.29) is 5.54 Å². The summed E-state index contributed by atoms with van der Waals surface area (Å²) in [6.07, 6.45) is 4.47. The normalized spacial score (nSPS) is 29.1. The smallest absolute Gasteiger partial charge is 0.137 e. The summed E-state index contributed by atoms with van der Waals surface area (Å²) >= 11 is 6.04. The second-order valence-electron chi connectivity index (χ2n) is 5.19. The fraction of sp³-hybridized carbons (Fsp3) is 0.571. The van der Waals surface area contributed by atoms with Gasteiger partial charge < -0.3 is 10.5 Å². The maximum Gasteiger partial charge on any atom is 0.137 e. The first-order valence-electron chi connectivity index (χ1n) is 6.18. The van der Waals surface area contributed by atoms with Crippen LogP contribution in [0.4, 0.5) is 0 Å². The molecular weight excluding hydrogens is 234 g/mol. The molecule has 0 atom stereocenters. The monoisotopic (exact) mass is 253 g/mol. The van der Waals surface area contributed by atoms with E-state index in [1.165, 1.54) is 12.8 Å². The molecule has 1 aromatic carbocycles. The Bertz CT molecular complexity index is 397. The fourth-order valence-corrected chi connectivity index (χ4v) is 2.73. The highest BCUT2D eigenvalue weighted by Gasteiger charge is 2.32. The molecule has 1 saturated carbocycles. The zero-order chi connectivity index (χ0) is 12.5. The molecule has 2 rings (SSSR count). The van der Waals surface area contributed by atoms with Crippen LogP contribution in [0.15, 0.2) is 18.2 Å². The molecule has 0 aromatic heterocycles. The molecule has 2 nitrogen and oxygen atoms in total. The van der Waals surface area contributed by atoms with Gasteiger partial charge in [-0.05, 0) is 49.3 Å². The Morgan fingerprint density at radius 3 is 2.59 bits per heavy atom. The number of nitrogens with two attached hydrogens (primary N) is 1. The highest BCUT2D eigenvalue weighted by Crippen LogP contribution is 2.39. The van der Waals surface area contributed by atoms with Gasteiger partial charge in [-0.15, -0.1) is 0 Å². The van der Waals surface area contributed by atoms with Gasteiger partial charge in [0.1, 0.15) is 5.75 Å². The van der Waals surface area contributed by atoms with E-state index < -0.39 is 0 Å². The van der Waals surface area contributed by atoms with Gasteiger partial charge in [0.2, 0.25) is 0 Å². The third-order valence-corrected chi connectivity index (χ3v) is 4.20. The quantitative estimate of drug-likeness (QED) is 0.872. The molecule has 1 aromatic rings. The average Bonchev–Trinajstić information content (AvgIpc) is 2.34. The molecule has 3 heteroatoms. The van der Waals surface area contributed by atoms with E-state index in [1.807, 2.05) is 18.2 Å². The molecule has 1 aliphatic carbocycles. The molecule has 1 fully saturated rings. The van der Waals surface area contributed by atoms with Crippen molar-refractivity contribution in [1.29, 1.82) is 0 Å². The maximum absolute atomic E-state index is 6.52. The summed E-state index contributed by atoms with van der Waals surface area (Å²) < 4.78 is 5.26. The van der Waals surface area contributed by atoms with Crippen molar-refractivity contribution < 1.29 is 4.74 Å². The maximum atomic E-state index is 6.52. The van der Waals surface area contributed by atoms with Crippen molar-refractivity contribution in [3.8, 4) is 5.75 Å². The van der Waals surface area contributed by atoms with Crippen molar-refractivity contribution >= 4 is 11.6 Å². The van der Waals surface area contributed by atoms with E-state index in [0.29, 0.717) is 10.8 Å². The zero-order valence-electron chi connectivity index (χ0n) is 10.5. The minimum absolute atomic E-state index is 0.204. The molecule has 1 aliphatic rings. The first kappa shape index (κ1) is 12.7. The molecule has 2 N–H and O–H groups in total. The molecule has 17 heavy (non-hydrogen) atoms. The van der Waals surface area contributed by atoms with Gasteiger partial charge in [-0.1, -0.05) is 24.6 Å². The summed E-state index contributed by atoms with van der Waals surface area (Å²) in [5.41, 5.74) is 7.46. The lowest BCUT2D eigenvalue weighted by atomic mass is 9.74. The summed E-state index contributed by atoms with van der Waals surface area (Å²) in [5, 5.41) is 0.643. The Balaban J connectivity index is 2.27. The number of rotatable bonds is 2. The minimum Gasteiger partial charge on any atom is -0.495 e. The summed E-state index contributed by atoms with van der Waals surface area (Å²) in [6.45, 7) is 2.29. The van der Waals surface area contributed by atoms with Crippen LogP contribution in [0.25, 0.3) is 0 Å². The van der Waals surface area contributed by atoms with E-state index in [4.69, 9.17) is 22.1 Å². The Kier molecular flexibility index (Phi) is 3.64. The van der Waals surface area contributed by atoms with Gasteiger partial charge in [0, 0.05) is 5.54 Å². The van der Waals surface area contributed by atoms with Gasteiger partial charge in [-0.3, -0.25) is 0 Å². The lowest BCUT2D eigenvalue weighted by Crippen LogP contribution is -2.40. The predicted octanol–water partition coefficient (Wildman–Crippen LogP) is 3.71. The molecule has 94 valence electrons. The summed E-state index contributed by atoms with van der Waals surface area (Å²) in [5.74, 6) is 1.51. The second kappa shape index (κ2) is 4.87. The molecule has 0 aliphatic heterocycles. The third-order valence-electron chi connectivity index (χ3n) is 3.89.